The number of amides is 1. The van der Waals surface area contributed by atoms with Crippen molar-refractivity contribution < 1.29 is 4.79 Å². The van der Waals surface area contributed by atoms with E-state index in [0.29, 0.717) is 0 Å². The molecule has 1 aliphatic rings. The molecule has 0 radical (unpaired) electrons. The van der Waals surface area contributed by atoms with Crippen molar-refractivity contribution >= 4 is 17.3 Å². The molecule has 1 aliphatic heterocycles. The Morgan fingerprint density at radius 2 is 2.00 bits per heavy atom. The number of benzene rings is 1. The number of anilines is 2. The molecular formula is C14H21N3O. The third kappa shape index (κ3) is 2.75. The average Bonchev–Trinajstić information content (AvgIpc) is 2.58. The zero-order chi connectivity index (χ0) is 13.1. The normalized spacial score (nSPS) is 16.6. The van der Waals surface area contributed by atoms with Crippen LogP contribution in [0.4, 0.5) is 11.4 Å². The van der Waals surface area contributed by atoms with Gasteiger partial charge in [-0.2, -0.15) is 0 Å². The second-order valence-corrected chi connectivity index (χ2v) is 4.89. The predicted octanol–water partition coefficient (Wildman–Crippen LogP) is 1.64. The fourth-order valence-corrected chi connectivity index (χ4v) is 2.44. The third-order valence-corrected chi connectivity index (χ3v) is 3.52. The molecule has 1 amide bonds. The molecule has 1 aromatic carbocycles. The maximum absolute atomic E-state index is 11.4. The van der Waals surface area contributed by atoms with Gasteiger partial charge in [0.1, 0.15) is 0 Å². The average molecular weight is 247 g/mol. The van der Waals surface area contributed by atoms with Gasteiger partial charge in [0.05, 0.1) is 0 Å². The van der Waals surface area contributed by atoms with Crippen molar-refractivity contribution in [3.05, 3.63) is 23.8 Å². The summed E-state index contributed by atoms with van der Waals surface area (Å²) in [6, 6.07) is 6.01. The summed E-state index contributed by atoms with van der Waals surface area (Å²) in [5.74, 6) is 0.168. The molecule has 0 atom stereocenters. The first-order valence-corrected chi connectivity index (χ1v) is 6.44. The Kier molecular flexibility index (Phi) is 3.75. The number of nitrogens with two attached hydrogens (primary N) is 1. The molecule has 0 aromatic heterocycles. The van der Waals surface area contributed by atoms with Crippen LogP contribution in [-0.4, -0.2) is 37.0 Å². The van der Waals surface area contributed by atoms with Crippen LogP contribution in [0.2, 0.25) is 0 Å². The predicted molar refractivity (Wildman–Crippen MR) is 74.7 cm³/mol. The smallest absolute Gasteiger partial charge is 0.219 e. The van der Waals surface area contributed by atoms with Crippen LogP contribution in [-0.2, 0) is 4.79 Å². The van der Waals surface area contributed by atoms with Gasteiger partial charge in [-0.3, -0.25) is 4.79 Å². The van der Waals surface area contributed by atoms with E-state index >= 15 is 0 Å². The first-order valence-electron chi connectivity index (χ1n) is 6.44. The standard InChI is InChI=1S/C14H21N3O/c1-11-4-5-13(15)10-14(11)17-7-3-6-16(8-9-17)12(2)18/h4-5,10H,3,6-9,15H2,1-2H3. The Bertz CT molecular complexity index is 445. The quantitative estimate of drug-likeness (QED) is 0.767. The van der Waals surface area contributed by atoms with Crippen molar-refractivity contribution in [2.45, 2.75) is 20.3 Å². The highest BCUT2D eigenvalue weighted by molar-refractivity contribution is 5.73. The Balaban J connectivity index is 2.14. The topological polar surface area (TPSA) is 49.6 Å². The Morgan fingerprint density at radius 1 is 1.22 bits per heavy atom. The van der Waals surface area contributed by atoms with E-state index in [2.05, 4.69) is 17.9 Å². The number of nitrogens with zero attached hydrogens (tertiary/aromatic N) is 2. The summed E-state index contributed by atoms with van der Waals surface area (Å²) in [7, 11) is 0. The first-order chi connectivity index (χ1) is 8.58. The second-order valence-electron chi connectivity index (χ2n) is 4.89. The lowest BCUT2D eigenvalue weighted by Crippen LogP contribution is -2.33. The Labute approximate surface area is 108 Å². The molecular weight excluding hydrogens is 226 g/mol. The number of nitrogen functional groups attached to an aromatic ring is 1. The minimum absolute atomic E-state index is 0.168. The molecule has 0 bridgehead atoms. The van der Waals surface area contributed by atoms with Crippen molar-refractivity contribution in [3.8, 4) is 0 Å². The van der Waals surface area contributed by atoms with Crippen LogP contribution in [0.25, 0.3) is 0 Å². The molecule has 4 heteroatoms. The number of aryl methyl sites for hydroxylation is 1. The summed E-state index contributed by atoms with van der Waals surface area (Å²) in [6.45, 7) is 7.25. The highest BCUT2D eigenvalue weighted by atomic mass is 16.2. The van der Waals surface area contributed by atoms with E-state index in [-0.39, 0.29) is 5.91 Å². The van der Waals surface area contributed by atoms with E-state index in [1.807, 2.05) is 17.0 Å². The minimum Gasteiger partial charge on any atom is -0.399 e. The lowest BCUT2D eigenvalue weighted by molar-refractivity contribution is -0.128. The molecule has 0 saturated carbocycles. The van der Waals surface area contributed by atoms with E-state index in [9.17, 15) is 4.79 Å². The highest BCUT2D eigenvalue weighted by Gasteiger charge is 2.17. The molecule has 1 heterocycles. The second kappa shape index (κ2) is 5.29. The molecule has 98 valence electrons. The van der Waals surface area contributed by atoms with Crippen LogP contribution in [0.15, 0.2) is 18.2 Å². The molecule has 4 nitrogen and oxygen atoms in total. The summed E-state index contributed by atoms with van der Waals surface area (Å²) in [5.41, 5.74) is 9.08. The van der Waals surface area contributed by atoms with Gasteiger partial charge in [0, 0.05) is 44.5 Å². The SMILES string of the molecule is CC(=O)N1CCCN(c2cc(N)ccc2C)CC1. The zero-order valence-electron chi connectivity index (χ0n) is 11.1. The summed E-state index contributed by atoms with van der Waals surface area (Å²) in [4.78, 5) is 15.6. The van der Waals surface area contributed by atoms with Crippen molar-refractivity contribution in [1.29, 1.82) is 0 Å². The molecule has 0 aliphatic carbocycles. The van der Waals surface area contributed by atoms with E-state index in [1.165, 1.54) is 11.3 Å². The molecule has 0 unspecified atom stereocenters. The lowest BCUT2D eigenvalue weighted by Gasteiger charge is -2.25. The maximum Gasteiger partial charge on any atom is 0.219 e. The van der Waals surface area contributed by atoms with Gasteiger partial charge in [-0.05, 0) is 31.0 Å². The van der Waals surface area contributed by atoms with Gasteiger partial charge in [-0.15, -0.1) is 0 Å². The van der Waals surface area contributed by atoms with Crippen LogP contribution in [0.3, 0.4) is 0 Å². The number of hydrogen-bond acceptors (Lipinski definition) is 3. The number of carbonyl (C=O) groups excluding carboxylic acids is 1. The van der Waals surface area contributed by atoms with Crippen LogP contribution in [0.5, 0.6) is 0 Å². The van der Waals surface area contributed by atoms with Gasteiger partial charge in [0.15, 0.2) is 0 Å². The Morgan fingerprint density at radius 3 is 2.72 bits per heavy atom. The van der Waals surface area contributed by atoms with Crippen molar-refractivity contribution in [2.75, 3.05) is 36.8 Å². The third-order valence-electron chi connectivity index (χ3n) is 3.52. The van der Waals surface area contributed by atoms with E-state index in [1.54, 1.807) is 6.92 Å². The molecule has 1 saturated heterocycles. The fraction of sp³-hybridized carbons (Fsp3) is 0.500. The van der Waals surface area contributed by atoms with E-state index in [4.69, 9.17) is 5.73 Å². The summed E-state index contributed by atoms with van der Waals surface area (Å²) < 4.78 is 0. The van der Waals surface area contributed by atoms with Crippen LogP contribution >= 0.6 is 0 Å². The molecule has 2 N–H and O–H groups in total. The summed E-state index contributed by atoms with van der Waals surface area (Å²) in [5, 5.41) is 0. The van der Waals surface area contributed by atoms with Gasteiger partial charge in [0.2, 0.25) is 5.91 Å². The lowest BCUT2D eigenvalue weighted by atomic mass is 10.1. The van der Waals surface area contributed by atoms with Gasteiger partial charge in [-0.1, -0.05) is 6.07 Å². The largest absolute Gasteiger partial charge is 0.399 e. The van der Waals surface area contributed by atoms with Crippen LogP contribution in [0, 0.1) is 6.92 Å². The van der Waals surface area contributed by atoms with E-state index in [0.717, 1.165) is 38.3 Å². The van der Waals surface area contributed by atoms with Gasteiger partial charge in [0.25, 0.3) is 0 Å². The summed E-state index contributed by atoms with van der Waals surface area (Å²) >= 11 is 0. The van der Waals surface area contributed by atoms with Gasteiger partial charge >= 0.3 is 0 Å². The van der Waals surface area contributed by atoms with Crippen molar-refractivity contribution in [1.82, 2.24) is 4.90 Å². The van der Waals surface area contributed by atoms with Crippen LogP contribution < -0.4 is 10.6 Å². The monoisotopic (exact) mass is 247 g/mol. The highest BCUT2D eigenvalue weighted by Crippen LogP contribution is 2.24. The molecule has 18 heavy (non-hydrogen) atoms. The van der Waals surface area contributed by atoms with Crippen molar-refractivity contribution in [2.24, 2.45) is 0 Å². The number of hydrogen-bond donors (Lipinski definition) is 1. The van der Waals surface area contributed by atoms with Gasteiger partial charge in [-0.25, -0.2) is 0 Å². The first kappa shape index (κ1) is 12.7. The summed E-state index contributed by atoms with van der Waals surface area (Å²) in [6.07, 6.45) is 1.01. The number of rotatable bonds is 1. The maximum atomic E-state index is 11.4. The fourth-order valence-electron chi connectivity index (χ4n) is 2.44. The molecule has 1 fully saturated rings. The van der Waals surface area contributed by atoms with E-state index < -0.39 is 0 Å². The van der Waals surface area contributed by atoms with Crippen molar-refractivity contribution in [3.63, 3.8) is 0 Å². The molecule has 2 rings (SSSR count). The zero-order valence-corrected chi connectivity index (χ0v) is 11.1. The Hall–Kier alpha value is -1.71. The minimum atomic E-state index is 0.168. The number of carbonyl (C=O) groups is 1. The van der Waals surface area contributed by atoms with Gasteiger partial charge < -0.3 is 15.5 Å². The van der Waals surface area contributed by atoms with Crippen LogP contribution in [0.1, 0.15) is 18.9 Å². The molecule has 0 spiro atoms. The molecule has 1 aromatic rings.